The van der Waals surface area contributed by atoms with Crippen LogP contribution in [0.15, 0.2) is 46.2 Å². The van der Waals surface area contributed by atoms with Crippen LogP contribution in [0.4, 0.5) is 0 Å². The third-order valence-electron chi connectivity index (χ3n) is 3.31. The van der Waals surface area contributed by atoms with Gasteiger partial charge in [-0.2, -0.15) is 0 Å². The van der Waals surface area contributed by atoms with Gasteiger partial charge in [-0.05, 0) is 51.0 Å². The zero-order chi connectivity index (χ0) is 11.8. The van der Waals surface area contributed by atoms with Crippen LogP contribution in [0.5, 0.6) is 0 Å². The fourth-order valence-corrected chi connectivity index (χ4v) is 6.22. The van der Waals surface area contributed by atoms with Gasteiger partial charge in [0.1, 0.15) is 0 Å². The van der Waals surface area contributed by atoms with Crippen LogP contribution in [0.1, 0.15) is 24.2 Å². The summed E-state index contributed by atoms with van der Waals surface area (Å²) in [4.78, 5) is 0. The van der Waals surface area contributed by atoms with Crippen molar-refractivity contribution in [1.82, 2.24) is 0 Å². The molecule has 2 aromatic rings. The average Bonchev–Trinajstić information content (AvgIpc) is 2.86. The average molecular weight is 305 g/mol. The second kappa shape index (κ2) is 4.48. The normalized spacial score (nSPS) is 14.7. The van der Waals surface area contributed by atoms with Crippen LogP contribution in [0.2, 0.25) is 0 Å². The summed E-state index contributed by atoms with van der Waals surface area (Å²) >= 11 is 3.76. The molecule has 2 heteroatoms. The van der Waals surface area contributed by atoms with E-state index in [1.807, 2.05) is 0 Å². The first-order chi connectivity index (χ1) is 8.29. The second-order valence-electron chi connectivity index (χ2n) is 4.37. The van der Waals surface area contributed by atoms with Gasteiger partial charge in [0.25, 0.3) is 0 Å². The first kappa shape index (κ1) is 11.3. The molecule has 0 nitrogen and oxygen atoms in total. The minimum atomic E-state index is -0.269. The molecule has 1 heterocycles. The number of fused-ring (bicyclic) bond motifs is 1. The van der Waals surface area contributed by atoms with E-state index >= 15 is 0 Å². The molecule has 17 heavy (non-hydrogen) atoms. The zero-order valence-electron chi connectivity index (χ0n) is 9.78. The molecule has 0 saturated carbocycles. The van der Waals surface area contributed by atoms with Crippen LogP contribution in [0.3, 0.4) is 0 Å². The molecule has 0 spiro atoms. The maximum absolute atomic E-state index is 3.76. The van der Waals surface area contributed by atoms with E-state index in [0.717, 1.165) is 0 Å². The lowest BCUT2D eigenvalue weighted by atomic mass is 10.2. The van der Waals surface area contributed by atoms with Crippen molar-refractivity contribution >= 4 is 29.5 Å². The van der Waals surface area contributed by atoms with E-state index in [4.69, 9.17) is 0 Å². The van der Waals surface area contributed by atoms with Crippen LogP contribution in [-0.2, 0) is 6.42 Å². The minimum Gasteiger partial charge on any atom is -0.0744 e. The molecule has 0 radical (unpaired) electrons. The van der Waals surface area contributed by atoms with Crippen LogP contribution >= 0.6 is 23.5 Å². The fraction of sp³-hybridized carbons (Fsp3) is 0.200. The highest BCUT2D eigenvalue weighted by molar-refractivity contribution is 9.11. The van der Waals surface area contributed by atoms with Crippen molar-refractivity contribution in [1.29, 1.82) is 0 Å². The standard InChI is InChI=1S/C15H14BrP/c1-2-11-8-12-10-15(16)17(14(12)9-11)13-6-4-3-5-7-13/h3-8,10H,2,9H2,1H3. The van der Waals surface area contributed by atoms with E-state index < -0.39 is 0 Å². The van der Waals surface area contributed by atoms with Gasteiger partial charge in [0.15, 0.2) is 0 Å². The Kier molecular flexibility index (Phi) is 2.98. The molecular weight excluding hydrogens is 291 g/mol. The number of benzene rings is 1. The van der Waals surface area contributed by atoms with Gasteiger partial charge in [0, 0.05) is 4.20 Å². The molecule has 1 unspecified atom stereocenters. The van der Waals surface area contributed by atoms with E-state index in [1.54, 1.807) is 10.9 Å². The van der Waals surface area contributed by atoms with Gasteiger partial charge >= 0.3 is 0 Å². The molecule has 1 aliphatic rings. The van der Waals surface area contributed by atoms with Gasteiger partial charge in [0.05, 0.1) is 0 Å². The zero-order valence-corrected chi connectivity index (χ0v) is 12.3. The SMILES string of the molecule is CCC1=Cc2cc(Br)p(-c3ccccc3)c2C1. The van der Waals surface area contributed by atoms with Gasteiger partial charge < -0.3 is 0 Å². The molecule has 0 amide bonds. The Bertz CT molecular complexity index is 578. The van der Waals surface area contributed by atoms with Crippen molar-refractivity contribution < 1.29 is 0 Å². The summed E-state index contributed by atoms with van der Waals surface area (Å²) in [5.74, 6) is 0. The number of hydrogen-bond acceptors (Lipinski definition) is 0. The van der Waals surface area contributed by atoms with Crippen LogP contribution < -0.4 is 0 Å². The number of halogens is 1. The van der Waals surface area contributed by atoms with Gasteiger partial charge in [-0.3, -0.25) is 0 Å². The number of hydrogen-bond donors (Lipinski definition) is 0. The van der Waals surface area contributed by atoms with Crippen LogP contribution in [-0.4, -0.2) is 0 Å². The highest BCUT2D eigenvalue weighted by Gasteiger charge is 2.20. The molecule has 3 rings (SSSR count). The molecule has 1 atom stereocenters. The first-order valence-corrected chi connectivity index (χ1v) is 8.08. The Morgan fingerprint density at radius 2 is 2.00 bits per heavy atom. The van der Waals surface area contributed by atoms with Crippen molar-refractivity contribution in [3.63, 3.8) is 0 Å². The number of allylic oxidation sites excluding steroid dienone is 1. The summed E-state index contributed by atoms with van der Waals surface area (Å²) in [6.45, 7) is 2.25. The fourth-order valence-electron chi connectivity index (χ4n) is 2.41. The lowest BCUT2D eigenvalue weighted by Gasteiger charge is -2.06. The summed E-state index contributed by atoms with van der Waals surface area (Å²) in [7, 11) is -0.269. The summed E-state index contributed by atoms with van der Waals surface area (Å²) in [5, 5.41) is 3.09. The van der Waals surface area contributed by atoms with E-state index in [9.17, 15) is 0 Å². The third kappa shape index (κ3) is 1.92. The Balaban J connectivity index is 2.12. The molecule has 1 aromatic heterocycles. The topological polar surface area (TPSA) is 0 Å². The Morgan fingerprint density at radius 3 is 2.71 bits per heavy atom. The lowest BCUT2D eigenvalue weighted by Crippen LogP contribution is -1.80. The van der Waals surface area contributed by atoms with Gasteiger partial charge in [-0.25, -0.2) is 0 Å². The molecule has 1 aliphatic carbocycles. The molecule has 0 fully saturated rings. The summed E-state index contributed by atoms with van der Waals surface area (Å²) in [5.41, 5.74) is 3.04. The van der Waals surface area contributed by atoms with Crippen molar-refractivity contribution in [3.8, 4) is 5.30 Å². The van der Waals surface area contributed by atoms with E-state index in [2.05, 4.69) is 65.3 Å². The molecular formula is C15H14BrP. The monoisotopic (exact) mass is 304 g/mol. The summed E-state index contributed by atoms with van der Waals surface area (Å²) in [6.07, 6.45) is 4.73. The molecule has 0 N–H and O–H groups in total. The lowest BCUT2D eigenvalue weighted by molar-refractivity contribution is 1.05. The van der Waals surface area contributed by atoms with Gasteiger partial charge in [-0.1, -0.05) is 56.4 Å². The molecule has 1 aromatic carbocycles. The Morgan fingerprint density at radius 1 is 1.24 bits per heavy atom. The summed E-state index contributed by atoms with van der Waals surface area (Å²) < 4.78 is 1.37. The smallest absolute Gasteiger partial charge is 0.0421 e. The first-order valence-electron chi connectivity index (χ1n) is 5.94. The van der Waals surface area contributed by atoms with Gasteiger partial charge in [0.2, 0.25) is 0 Å². The number of rotatable bonds is 2. The van der Waals surface area contributed by atoms with Crippen LogP contribution in [0, 0.1) is 0 Å². The second-order valence-corrected chi connectivity index (χ2v) is 8.05. The van der Waals surface area contributed by atoms with Crippen molar-refractivity contribution in [2.45, 2.75) is 19.8 Å². The Labute approximate surface area is 112 Å². The van der Waals surface area contributed by atoms with Crippen molar-refractivity contribution in [2.24, 2.45) is 0 Å². The minimum absolute atomic E-state index is 0.269. The van der Waals surface area contributed by atoms with Crippen molar-refractivity contribution in [3.05, 3.63) is 57.0 Å². The molecule has 0 saturated heterocycles. The van der Waals surface area contributed by atoms with E-state index in [0.29, 0.717) is 0 Å². The van der Waals surface area contributed by atoms with Crippen molar-refractivity contribution in [2.75, 3.05) is 0 Å². The maximum Gasteiger partial charge on any atom is 0.0421 e. The van der Waals surface area contributed by atoms with Gasteiger partial charge in [-0.15, -0.1) is 0 Å². The predicted molar refractivity (Wildman–Crippen MR) is 80.2 cm³/mol. The maximum atomic E-state index is 3.76. The Hall–Kier alpha value is -0.780. The van der Waals surface area contributed by atoms with E-state index in [1.165, 1.54) is 27.9 Å². The largest absolute Gasteiger partial charge is 0.0744 e. The molecule has 0 aliphatic heterocycles. The molecule has 0 bridgehead atoms. The predicted octanol–water partition coefficient (Wildman–Crippen LogP) is 5.77. The highest BCUT2D eigenvalue weighted by atomic mass is 79.9. The van der Waals surface area contributed by atoms with Crippen LogP contribution in [0.25, 0.3) is 11.4 Å². The summed E-state index contributed by atoms with van der Waals surface area (Å²) in [6, 6.07) is 13.2. The molecule has 86 valence electrons. The quantitative estimate of drug-likeness (QED) is 0.660. The van der Waals surface area contributed by atoms with E-state index in [-0.39, 0.29) is 7.53 Å². The third-order valence-corrected chi connectivity index (χ3v) is 6.93. The highest BCUT2D eigenvalue weighted by Crippen LogP contribution is 2.55.